The van der Waals surface area contributed by atoms with E-state index in [-0.39, 0.29) is 28.9 Å². The third kappa shape index (κ3) is 7.49. The van der Waals surface area contributed by atoms with E-state index >= 15 is 0 Å². The monoisotopic (exact) mass is 557 g/mol. The zero-order valence-electron chi connectivity index (χ0n) is 18.6. The second kappa shape index (κ2) is 12.3. The lowest BCUT2D eigenvalue weighted by Crippen LogP contribution is -2.26. The fourth-order valence-corrected chi connectivity index (χ4v) is 4.12. The number of allylic oxidation sites excluding steroid dienone is 1. The van der Waals surface area contributed by atoms with Crippen LogP contribution in [0.15, 0.2) is 60.3 Å². The zero-order chi connectivity index (χ0) is 26.3. The van der Waals surface area contributed by atoms with Crippen molar-refractivity contribution < 1.29 is 22.8 Å². The molecule has 0 radical (unpaired) electrons. The predicted octanol–water partition coefficient (Wildman–Crippen LogP) is 5.49. The Morgan fingerprint density at radius 3 is 2.58 bits per heavy atom. The van der Waals surface area contributed by atoms with Gasteiger partial charge in [0.2, 0.25) is 5.91 Å². The maximum Gasteiger partial charge on any atom is 0.416 e. The lowest BCUT2D eigenvalue weighted by atomic mass is 10.2. The van der Waals surface area contributed by atoms with Gasteiger partial charge in [0.15, 0.2) is 5.16 Å². The average molecular weight is 558 g/mol. The van der Waals surface area contributed by atoms with Crippen LogP contribution in [0.25, 0.3) is 0 Å². The number of anilines is 1. The topological polar surface area (TPSA) is 88.9 Å². The van der Waals surface area contributed by atoms with Gasteiger partial charge < -0.3 is 15.2 Å². The number of carbonyl (C=O) groups is 2. The molecule has 0 unspecified atom stereocenters. The van der Waals surface area contributed by atoms with Crippen molar-refractivity contribution in [2.45, 2.75) is 24.3 Å². The Morgan fingerprint density at radius 2 is 1.89 bits per heavy atom. The van der Waals surface area contributed by atoms with Crippen molar-refractivity contribution in [3.8, 4) is 0 Å². The highest BCUT2D eigenvalue weighted by atomic mass is 35.5. The lowest BCUT2D eigenvalue weighted by molar-refractivity contribution is -0.137. The van der Waals surface area contributed by atoms with Crippen molar-refractivity contribution in [2.24, 2.45) is 0 Å². The second-order valence-corrected chi connectivity index (χ2v) is 9.11. The van der Waals surface area contributed by atoms with Gasteiger partial charge in [0.05, 0.1) is 21.4 Å². The highest BCUT2D eigenvalue weighted by Crippen LogP contribution is 2.30. The number of carbonyl (C=O) groups excluding carboxylic acids is 2. The quantitative estimate of drug-likeness (QED) is 0.254. The molecule has 3 rings (SSSR count). The van der Waals surface area contributed by atoms with Gasteiger partial charge in [0, 0.05) is 30.8 Å². The van der Waals surface area contributed by atoms with Crippen molar-refractivity contribution in [1.29, 1.82) is 0 Å². The SMILES string of the molecule is C=CCn1c(CCNC(=O)c2ccc(Cl)c(Cl)c2)nnc1SCC(=O)Nc1cccc(C(F)(F)F)c1. The summed E-state index contributed by atoms with van der Waals surface area (Å²) in [4.78, 5) is 24.6. The molecular weight excluding hydrogens is 538 g/mol. The number of amides is 2. The summed E-state index contributed by atoms with van der Waals surface area (Å²) in [5, 5.41) is 14.5. The van der Waals surface area contributed by atoms with Crippen molar-refractivity contribution in [1.82, 2.24) is 20.1 Å². The van der Waals surface area contributed by atoms with Crippen molar-refractivity contribution in [2.75, 3.05) is 17.6 Å². The Balaban J connectivity index is 1.57. The Kier molecular flexibility index (Phi) is 9.41. The van der Waals surface area contributed by atoms with Crippen LogP contribution in [0.2, 0.25) is 10.0 Å². The molecule has 0 aliphatic carbocycles. The molecule has 0 atom stereocenters. The number of nitrogens with zero attached hydrogens (tertiary/aromatic N) is 3. The van der Waals surface area contributed by atoms with E-state index in [1.54, 1.807) is 16.7 Å². The van der Waals surface area contributed by atoms with Gasteiger partial charge >= 0.3 is 6.18 Å². The molecule has 1 heterocycles. The normalized spacial score (nSPS) is 11.2. The molecule has 36 heavy (non-hydrogen) atoms. The Morgan fingerprint density at radius 1 is 1.11 bits per heavy atom. The highest BCUT2D eigenvalue weighted by Gasteiger charge is 2.30. The number of benzene rings is 2. The van der Waals surface area contributed by atoms with Crippen LogP contribution < -0.4 is 10.6 Å². The van der Waals surface area contributed by atoms with Gasteiger partial charge in [-0.2, -0.15) is 13.2 Å². The van der Waals surface area contributed by atoms with E-state index in [1.165, 1.54) is 24.3 Å². The highest BCUT2D eigenvalue weighted by molar-refractivity contribution is 7.99. The van der Waals surface area contributed by atoms with Crippen LogP contribution in [-0.2, 0) is 23.9 Å². The van der Waals surface area contributed by atoms with E-state index in [0.29, 0.717) is 34.5 Å². The maximum absolute atomic E-state index is 12.9. The van der Waals surface area contributed by atoms with Crippen molar-refractivity contribution in [3.05, 3.63) is 82.1 Å². The van der Waals surface area contributed by atoms with Crippen LogP contribution >= 0.6 is 35.0 Å². The molecule has 3 aromatic rings. The number of hydrogen-bond donors (Lipinski definition) is 2. The van der Waals surface area contributed by atoms with E-state index in [4.69, 9.17) is 23.2 Å². The first-order valence-electron chi connectivity index (χ1n) is 10.4. The summed E-state index contributed by atoms with van der Waals surface area (Å²) in [6.45, 7) is 4.33. The molecule has 0 saturated heterocycles. The summed E-state index contributed by atoms with van der Waals surface area (Å²) in [7, 11) is 0. The average Bonchev–Trinajstić information content (AvgIpc) is 3.20. The number of aromatic nitrogens is 3. The van der Waals surface area contributed by atoms with Crippen LogP contribution in [0.4, 0.5) is 18.9 Å². The summed E-state index contributed by atoms with van der Waals surface area (Å²) < 4.78 is 40.3. The molecule has 0 aliphatic rings. The fourth-order valence-electron chi connectivity index (χ4n) is 3.05. The van der Waals surface area contributed by atoms with Crippen LogP contribution in [0.5, 0.6) is 0 Å². The summed E-state index contributed by atoms with van der Waals surface area (Å²) >= 11 is 12.9. The minimum absolute atomic E-state index is 0.0430. The second-order valence-electron chi connectivity index (χ2n) is 7.35. The smallest absolute Gasteiger partial charge is 0.352 e. The van der Waals surface area contributed by atoms with Crippen LogP contribution in [-0.4, -0.2) is 38.9 Å². The first-order valence-corrected chi connectivity index (χ1v) is 12.2. The maximum atomic E-state index is 12.9. The number of nitrogens with one attached hydrogen (secondary N) is 2. The van der Waals surface area contributed by atoms with E-state index in [0.717, 1.165) is 23.9 Å². The van der Waals surface area contributed by atoms with Gasteiger partial charge in [-0.05, 0) is 36.4 Å². The molecule has 190 valence electrons. The van der Waals surface area contributed by atoms with Crippen LogP contribution in [0.1, 0.15) is 21.7 Å². The first kappa shape index (κ1) is 27.6. The third-order valence-electron chi connectivity index (χ3n) is 4.73. The molecule has 2 N–H and O–H groups in total. The number of halogens is 5. The summed E-state index contributed by atoms with van der Waals surface area (Å²) in [5.41, 5.74) is -0.448. The Bertz CT molecular complexity index is 1270. The van der Waals surface area contributed by atoms with Crippen LogP contribution in [0, 0.1) is 0 Å². The van der Waals surface area contributed by atoms with Gasteiger partial charge in [-0.3, -0.25) is 9.59 Å². The van der Waals surface area contributed by atoms with E-state index in [9.17, 15) is 22.8 Å². The van der Waals surface area contributed by atoms with Gasteiger partial charge in [-0.1, -0.05) is 47.1 Å². The molecule has 0 saturated carbocycles. The summed E-state index contributed by atoms with van der Waals surface area (Å²) in [6, 6.07) is 8.96. The molecule has 13 heteroatoms. The number of thioether (sulfide) groups is 1. The number of hydrogen-bond acceptors (Lipinski definition) is 5. The first-order chi connectivity index (χ1) is 17.1. The van der Waals surface area contributed by atoms with E-state index in [1.807, 2.05) is 0 Å². The molecule has 0 fully saturated rings. The largest absolute Gasteiger partial charge is 0.416 e. The number of alkyl halides is 3. The fraction of sp³-hybridized carbons (Fsp3) is 0.217. The van der Waals surface area contributed by atoms with Crippen molar-refractivity contribution in [3.63, 3.8) is 0 Å². The molecular formula is C23H20Cl2F3N5O2S. The summed E-state index contributed by atoms with van der Waals surface area (Å²) in [5.74, 6) is -0.364. The zero-order valence-corrected chi connectivity index (χ0v) is 20.9. The van der Waals surface area contributed by atoms with E-state index < -0.39 is 17.6 Å². The standard InChI is InChI=1S/C23H20Cl2F3N5O2S/c1-2-10-33-19(8-9-29-21(35)14-6-7-17(24)18(25)11-14)31-32-22(33)36-13-20(34)30-16-5-3-4-15(12-16)23(26,27)28/h2-7,11-12H,1,8-10,13H2,(H,29,35)(H,30,34). The van der Waals surface area contributed by atoms with Gasteiger partial charge in [0.1, 0.15) is 5.82 Å². The third-order valence-corrected chi connectivity index (χ3v) is 6.43. The Hall–Kier alpha value is -3.02. The van der Waals surface area contributed by atoms with Gasteiger partial charge in [0.25, 0.3) is 5.91 Å². The van der Waals surface area contributed by atoms with Crippen LogP contribution in [0.3, 0.4) is 0 Å². The Labute approximate surface area is 219 Å². The molecule has 0 spiro atoms. The lowest BCUT2D eigenvalue weighted by Gasteiger charge is -2.10. The van der Waals surface area contributed by atoms with Crippen molar-refractivity contribution >= 4 is 52.5 Å². The predicted molar refractivity (Wildman–Crippen MR) is 134 cm³/mol. The molecule has 0 aliphatic heterocycles. The minimum Gasteiger partial charge on any atom is -0.352 e. The van der Waals surface area contributed by atoms with Gasteiger partial charge in [-0.15, -0.1) is 16.8 Å². The molecule has 7 nitrogen and oxygen atoms in total. The summed E-state index contributed by atoms with van der Waals surface area (Å²) in [6.07, 6.45) is -2.52. The van der Waals surface area contributed by atoms with Gasteiger partial charge in [-0.25, -0.2) is 0 Å². The van der Waals surface area contributed by atoms with E-state index in [2.05, 4.69) is 27.4 Å². The molecule has 1 aromatic heterocycles. The minimum atomic E-state index is -4.51. The molecule has 0 bridgehead atoms. The molecule has 2 aromatic carbocycles. The molecule has 2 amide bonds. The number of rotatable bonds is 10.